The normalized spacial score (nSPS) is 22.2. The van der Waals surface area contributed by atoms with Gasteiger partial charge >= 0.3 is 0 Å². The summed E-state index contributed by atoms with van der Waals surface area (Å²) in [5.74, 6) is -0.104. The highest BCUT2D eigenvalue weighted by Gasteiger charge is 2.41. The molecule has 1 aromatic carbocycles. The molecule has 24 heavy (non-hydrogen) atoms. The largest absolute Gasteiger partial charge is 0.381 e. The van der Waals surface area contributed by atoms with Gasteiger partial charge in [0.15, 0.2) is 0 Å². The Labute approximate surface area is 143 Å². The molecule has 1 aromatic rings. The van der Waals surface area contributed by atoms with Gasteiger partial charge in [0, 0.05) is 19.3 Å². The van der Waals surface area contributed by atoms with Crippen molar-refractivity contribution in [2.75, 3.05) is 33.4 Å². The number of likely N-dealkylation sites (tertiary alicyclic amines) is 1. The van der Waals surface area contributed by atoms with Gasteiger partial charge in [0.2, 0.25) is 5.91 Å². The minimum absolute atomic E-state index is 0.131. The fourth-order valence-corrected chi connectivity index (χ4v) is 3.75. The Morgan fingerprint density at radius 3 is 2.71 bits per heavy atom. The van der Waals surface area contributed by atoms with Gasteiger partial charge < -0.3 is 15.0 Å². The quantitative estimate of drug-likeness (QED) is 0.919. The lowest BCUT2D eigenvalue weighted by Gasteiger charge is -2.40. The summed E-state index contributed by atoms with van der Waals surface area (Å²) in [5.41, 5.74) is 0.472. The second-order valence-electron chi connectivity index (χ2n) is 7.25. The first kappa shape index (κ1) is 17.4. The van der Waals surface area contributed by atoms with E-state index in [1.165, 1.54) is 6.07 Å². The molecule has 0 spiro atoms. The Balaban J connectivity index is 1.75. The van der Waals surface area contributed by atoms with Crippen molar-refractivity contribution >= 4 is 5.91 Å². The highest BCUT2D eigenvalue weighted by Crippen LogP contribution is 2.35. The minimum atomic E-state index is -0.432. The van der Waals surface area contributed by atoms with Crippen LogP contribution in [0, 0.1) is 11.2 Å². The van der Waals surface area contributed by atoms with Crippen LogP contribution < -0.4 is 5.32 Å². The first-order valence-electron chi connectivity index (χ1n) is 8.89. The molecule has 2 fully saturated rings. The van der Waals surface area contributed by atoms with Gasteiger partial charge in [-0.1, -0.05) is 12.1 Å². The predicted molar refractivity (Wildman–Crippen MR) is 91.3 cm³/mol. The van der Waals surface area contributed by atoms with Crippen molar-refractivity contribution < 1.29 is 13.9 Å². The second kappa shape index (κ2) is 7.62. The second-order valence-corrected chi connectivity index (χ2v) is 7.25. The number of nitrogens with one attached hydrogen (secondary N) is 1. The van der Waals surface area contributed by atoms with Gasteiger partial charge in [0.1, 0.15) is 5.82 Å². The number of hydrogen-bond donors (Lipinski definition) is 1. The average molecular weight is 334 g/mol. The average Bonchev–Trinajstić information content (AvgIpc) is 2.58. The number of ether oxygens (including phenoxy) is 1. The van der Waals surface area contributed by atoms with E-state index in [2.05, 4.69) is 17.3 Å². The zero-order valence-corrected chi connectivity index (χ0v) is 14.4. The lowest BCUT2D eigenvalue weighted by Crippen LogP contribution is -2.52. The van der Waals surface area contributed by atoms with Gasteiger partial charge in [-0.3, -0.25) is 4.79 Å². The monoisotopic (exact) mass is 334 g/mol. The number of halogens is 1. The number of benzene rings is 1. The van der Waals surface area contributed by atoms with Crippen molar-refractivity contribution in [1.82, 2.24) is 10.2 Å². The molecule has 2 saturated heterocycles. The van der Waals surface area contributed by atoms with Crippen molar-refractivity contribution in [2.45, 2.75) is 38.1 Å². The Hall–Kier alpha value is -1.46. The number of nitrogens with zero attached hydrogens (tertiary/aromatic N) is 1. The summed E-state index contributed by atoms with van der Waals surface area (Å²) in [6.45, 7) is 3.22. The highest BCUT2D eigenvalue weighted by atomic mass is 19.1. The summed E-state index contributed by atoms with van der Waals surface area (Å²) < 4.78 is 18.9. The molecule has 0 aliphatic carbocycles. The Bertz CT molecular complexity index is 564. The maximum atomic E-state index is 13.6. The van der Waals surface area contributed by atoms with Crippen LogP contribution in [0.25, 0.3) is 0 Å². The Morgan fingerprint density at radius 2 is 2.04 bits per heavy atom. The molecule has 132 valence electrons. The molecule has 0 unspecified atom stereocenters. The molecular formula is C19H27FN2O2. The summed E-state index contributed by atoms with van der Waals surface area (Å²) >= 11 is 0. The van der Waals surface area contributed by atoms with Crippen molar-refractivity contribution in [3.8, 4) is 0 Å². The third kappa shape index (κ3) is 4.14. The first-order valence-corrected chi connectivity index (χ1v) is 8.89. The lowest BCUT2D eigenvalue weighted by atomic mass is 9.72. The molecule has 4 nitrogen and oxygen atoms in total. The fourth-order valence-electron chi connectivity index (χ4n) is 3.75. The molecule has 2 aliphatic heterocycles. The van der Waals surface area contributed by atoms with E-state index < -0.39 is 5.41 Å². The summed E-state index contributed by atoms with van der Waals surface area (Å²) in [6, 6.07) is 6.86. The molecule has 1 amide bonds. The van der Waals surface area contributed by atoms with Gasteiger partial charge in [-0.15, -0.1) is 0 Å². The van der Waals surface area contributed by atoms with Crippen LogP contribution in [-0.4, -0.2) is 50.2 Å². The summed E-state index contributed by atoms with van der Waals surface area (Å²) in [7, 11) is 2.09. The van der Waals surface area contributed by atoms with E-state index in [1.807, 2.05) is 6.07 Å². The molecule has 0 saturated carbocycles. The van der Waals surface area contributed by atoms with Crippen molar-refractivity contribution in [2.24, 2.45) is 5.41 Å². The molecule has 3 rings (SSSR count). The Morgan fingerprint density at radius 1 is 1.33 bits per heavy atom. The fraction of sp³-hybridized carbons (Fsp3) is 0.632. The van der Waals surface area contributed by atoms with Crippen LogP contribution in [0.15, 0.2) is 24.3 Å². The van der Waals surface area contributed by atoms with Crippen LogP contribution >= 0.6 is 0 Å². The van der Waals surface area contributed by atoms with Crippen LogP contribution in [0.5, 0.6) is 0 Å². The number of hydrogen-bond acceptors (Lipinski definition) is 3. The molecule has 0 atom stereocenters. The first-order chi connectivity index (χ1) is 11.6. The van der Waals surface area contributed by atoms with Gasteiger partial charge in [0.25, 0.3) is 0 Å². The van der Waals surface area contributed by atoms with E-state index in [0.717, 1.165) is 44.3 Å². The lowest BCUT2D eigenvalue weighted by molar-refractivity contribution is -0.135. The van der Waals surface area contributed by atoms with Crippen LogP contribution in [0.3, 0.4) is 0 Å². The van der Waals surface area contributed by atoms with Gasteiger partial charge in [-0.2, -0.15) is 0 Å². The topological polar surface area (TPSA) is 41.6 Å². The Kier molecular flexibility index (Phi) is 5.51. The van der Waals surface area contributed by atoms with Gasteiger partial charge in [0.05, 0.1) is 5.41 Å². The number of carbonyl (C=O) groups excluding carboxylic acids is 1. The predicted octanol–water partition coefficient (Wildman–Crippen LogP) is 2.38. The molecular weight excluding hydrogens is 307 g/mol. The highest BCUT2D eigenvalue weighted by molar-refractivity contribution is 5.83. The molecule has 5 heteroatoms. The van der Waals surface area contributed by atoms with Crippen LogP contribution in [0.2, 0.25) is 0 Å². The standard InChI is InChI=1S/C19H27FN2O2/c1-22-9-7-19(8-10-22,14-15-3-2-4-16(20)13-15)18(23)21-17-5-11-24-12-6-17/h2-4,13,17H,5-12,14H2,1H3,(H,21,23). The van der Waals surface area contributed by atoms with E-state index in [0.29, 0.717) is 19.6 Å². The third-order valence-electron chi connectivity index (χ3n) is 5.41. The molecule has 2 aliphatic rings. The number of rotatable bonds is 4. The van der Waals surface area contributed by atoms with Crippen molar-refractivity contribution in [3.63, 3.8) is 0 Å². The van der Waals surface area contributed by atoms with E-state index in [-0.39, 0.29) is 17.8 Å². The third-order valence-corrected chi connectivity index (χ3v) is 5.41. The summed E-state index contributed by atoms with van der Waals surface area (Å²) in [6.07, 6.45) is 3.99. The number of amides is 1. The van der Waals surface area contributed by atoms with E-state index in [9.17, 15) is 9.18 Å². The van der Waals surface area contributed by atoms with E-state index in [1.54, 1.807) is 12.1 Å². The zero-order valence-electron chi connectivity index (χ0n) is 14.4. The molecule has 0 radical (unpaired) electrons. The molecule has 2 heterocycles. The van der Waals surface area contributed by atoms with Gasteiger partial charge in [-0.05, 0) is 69.9 Å². The van der Waals surface area contributed by atoms with Crippen molar-refractivity contribution in [1.29, 1.82) is 0 Å². The van der Waals surface area contributed by atoms with Gasteiger partial charge in [-0.25, -0.2) is 4.39 Å². The molecule has 0 aromatic heterocycles. The molecule has 0 bridgehead atoms. The van der Waals surface area contributed by atoms with Crippen molar-refractivity contribution in [3.05, 3.63) is 35.6 Å². The SMILES string of the molecule is CN1CCC(Cc2cccc(F)c2)(C(=O)NC2CCOCC2)CC1. The van der Waals surface area contributed by atoms with Crippen LogP contribution in [0.1, 0.15) is 31.2 Å². The molecule has 1 N–H and O–H groups in total. The minimum Gasteiger partial charge on any atom is -0.381 e. The maximum absolute atomic E-state index is 13.6. The zero-order chi connectivity index (χ0) is 17.0. The summed E-state index contributed by atoms with van der Waals surface area (Å²) in [5, 5.41) is 3.25. The van der Waals surface area contributed by atoms with E-state index >= 15 is 0 Å². The maximum Gasteiger partial charge on any atom is 0.226 e. The number of piperidine rings is 1. The summed E-state index contributed by atoms with van der Waals surface area (Å²) in [4.78, 5) is 15.4. The van der Waals surface area contributed by atoms with E-state index in [4.69, 9.17) is 4.74 Å². The smallest absolute Gasteiger partial charge is 0.226 e. The number of carbonyl (C=O) groups is 1. The van der Waals surface area contributed by atoms with Crippen LogP contribution in [0.4, 0.5) is 4.39 Å². The van der Waals surface area contributed by atoms with Crippen LogP contribution in [-0.2, 0) is 16.0 Å².